The van der Waals surface area contributed by atoms with E-state index in [4.69, 9.17) is 0 Å². The van der Waals surface area contributed by atoms with Gasteiger partial charge in [-0.25, -0.2) is 8.78 Å². The summed E-state index contributed by atoms with van der Waals surface area (Å²) in [4.78, 5) is 0. The molecule has 2 rings (SSSR count). The van der Waals surface area contributed by atoms with Crippen molar-refractivity contribution in [2.24, 2.45) is 0 Å². The second kappa shape index (κ2) is 6.26. The zero-order valence-corrected chi connectivity index (χ0v) is 12.0. The minimum Gasteiger partial charge on any atom is -0.306 e. The largest absolute Gasteiger partial charge is 0.306 e. The molecule has 0 amide bonds. The van der Waals surface area contributed by atoms with Gasteiger partial charge in [0, 0.05) is 15.6 Å². The van der Waals surface area contributed by atoms with E-state index >= 15 is 0 Å². The lowest BCUT2D eigenvalue weighted by atomic mass is 9.97. The first-order valence-electron chi connectivity index (χ1n) is 6.06. The average molecular weight is 326 g/mol. The smallest absolute Gasteiger partial charge is 0.128 e. The zero-order valence-electron chi connectivity index (χ0n) is 10.5. The maximum atomic E-state index is 14.0. The Morgan fingerprint density at radius 3 is 2.42 bits per heavy atom. The fraction of sp³-hybridized carbons (Fsp3) is 0.200. The van der Waals surface area contributed by atoms with Crippen LogP contribution in [0.4, 0.5) is 8.78 Å². The molecule has 2 aromatic rings. The molecule has 0 heterocycles. The molecule has 0 aliphatic rings. The Hall–Kier alpha value is -1.26. The zero-order chi connectivity index (χ0) is 13.8. The van der Waals surface area contributed by atoms with Crippen LogP contribution < -0.4 is 5.32 Å². The molecule has 1 unspecified atom stereocenters. The molecule has 1 atom stereocenters. The van der Waals surface area contributed by atoms with E-state index in [2.05, 4.69) is 21.2 Å². The average Bonchev–Trinajstić information content (AvgIpc) is 2.40. The summed E-state index contributed by atoms with van der Waals surface area (Å²) < 4.78 is 28.7. The molecule has 1 nitrogen and oxygen atoms in total. The number of halogens is 3. The molecular weight excluding hydrogens is 312 g/mol. The van der Waals surface area contributed by atoms with Crippen LogP contribution in [0, 0.1) is 11.6 Å². The van der Waals surface area contributed by atoms with Crippen molar-refractivity contribution in [1.82, 2.24) is 5.32 Å². The fourth-order valence-corrected chi connectivity index (χ4v) is 2.42. The van der Waals surface area contributed by atoms with Crippen molar-refractivity contribution >= 4 is 15.9 Å². The predicted octanol–water partition coefficient (Wildman–Crippen LogP) is 4.43. The highest BCUT2D eigenvalue weighted by molar-refractivity contribution is 9.10. The van der Waals surface area contributed by atoms with Crippen molar-refractivity contribution in [2.75, 3.05) is 6.54 Å². The Morgan fingerprint density at radius 2 is 1.74 bits per heavy atom. The van der Waals surface area contributed by atoms with Crippen molar-refractivity contribution in [2.45, 2.75) is 13.0 Å². The number of hydrogen-bond donors (Lipinski definition) is 1. The predicted molar refractivity (Wildman–Crippen MR) is 76.0 cm³/mol. The molecule has 1 N–H and O–H groups in total. The van der Waals surface area contributed by atoms with Gasteiger partial charge in [0.25, 0.3) is 0 Å². The summed E-state index contributed by atoms with van der Waals surface area (Å²) in [5.41, 5.74) is 0.877. The molecule has 100 valence electrons. The summed E-state index contributed by atoms with van der Waals surface area (Å²) in [6.45, 7) is 2.52. The summed E-state index contributed by atoms with van der Waals surface area (Å²) in [6, 6.07) is 10.6. The van der Waals surface area contributed by atoms with Crippen molar-refractivity contribution in [1.29, 1.82) is 0 Å². The van der Waals surface area contributed by atoms with Gasteiger partial charge in [-0.05, 0) is 30.8 Å². The van der Waals surface area contributed by atoms with E-state index in [1.165, 1.54) is 12.1 Å². The van der Waals surface area contributed by atoms with Crippen LogP contribution in [-0.4, -0.2) is 6.54 Å². The Kier molecular flexibility index (Phi) is 4.66. The van der Waals surface area contributed by atoms with Crippen molar-refractivity contribution in [3.63, 3.8) is 0 Å². The molecule has 0 bridgehead atoms. The molecule has 2 aromatic carbocycles. The third-order valence-corrected chi connectivity index (χ3v) is 3.39. The summed E-state index contributed by atoms with van der Waals surface area (Å²) in [5, 5.41) is 3.12. The molecule has 0 aliphatic heterocycles. The molecular formula is C15H14BrF2N. The van der Waals surface area contributed by atoms with Gasteiger partial charge in [0.2, 0.25) is 0 Å². The number of benzene rings is 2. The van der Waals surface area contributed by atoms with Gasteiger partial charge in [0.05, 0.1) is 6.04 Å². The van der Waals surface area contributed by atoms with Gasteiger partial charge in [0.15, 0.2) is 0 Å². The molecule has 0 saturated carbocycles. The Morgan fingerprint density at radius 1 is 1.05 bits per heavy atom. The first-order valence-corrected chi connectivity index (χ1v) is 6.85. The minimum atomic E-state index is -0.497. The third-order valence-electron chi connectivity index (χ3n) is 2.89. The molecule has 0 fully saturated rings. The van der Waals surface area contributed by atoms with E-state index in [1.807, 2.05) is 6.92 Å². The van der Waals surface area contributed by atoms with E-state index < -0.39 is 6.04 Å². The maximum absolute atomic E-state index is 14.0. The second-order valence-electron chi connectivity index (χ2n) is 4.18. The lowest BCUT2D eigenvalue weighted by molar-refractivity contribution is 0.530. The van der Waals surface area contributed by atoms with Crippen LogP contribution in [-0.2, 0) is 0 Å². The highest BCUT2D eigenvalue weighted by Gasteiger charge is 2.20. The van der Waals surface area contributed by atoms with Gasteiger partial charge in [-0.15, -0.1) is 0 Å². The van der Waals surface area contributed by atoms with E-state index in [-0.39, 0.29) is 11.6 Å². The van der Waals surface area contributed by atoms with Gasteiger partial charge in [-0.2, -0.15) is 0 Å². The quantitative estimate of drug-likeness (QED) is 0.877. The first-order chi connectivity index (χ1) is 9.13. The first kappa shape index (κ1) is 14.2. The molecule has 19 heavy (non-hydrogen) atoms. The molecule has 0 aliphatic carbocycles. The number of nitrogens with one attached hydrogen (secondary N) is 1. The summed E-state index contributed by atoms with van der Waals surface area (Å²) >= 11 is 3.32. The van der Waals surface area contributed by atoms with Gasteiger partial charge < -0.3 is 5.32 Å². The molecule has 0 saturated heterocycles. The number of rotatable bonds is 4. The van der Waals surface area contributed by atoms with E-state index in [0.29, 0.717) is 17.7 Å². The van der Waals surface area contributed by atoms with E-state index in [0.717, 1.165) is 4.47 Å². The van der Waals surface area contributed by atoms with Crippen LogP contribution in [0.2, 0.25) is 0 Å². The summed E-state index contributed by atoms with van der Waals surface area (Å²) in [6.07, 6.45) is 0. The third kappa shape index (κ3) is 3.19. The van der Waals surface area contributed by atoms with Crippen LogP contribution in [0.1, 0.15) is 24.1 Å². The van der Waals surface area contributed by atoms with Crippen LogP contribution in [0.25, 0.3) is 0 Å². The van der Waals surface area contributed by atoms with Crippen LogP contribution in [0.15, 0.2) is 46.9 Å². The number of hydrogen-bond acceptors (Lipinski definition) is 1. The van der Waals surface area contributed by atoms with Gasteiger partial charge in [-0.3, -0.25) is 0 Å². The van der Waals surface area contributed by atoms with E-state index in [1.54, 1.807) is 30.3 Å². The van der Waals surface area contributed by atoms with Gasteiger partial charge >= 0.3 is 0 Å². The Bertz CT molecular complexity index is 572. The van der Waals surface area contributed by atoms with Crippen molar-refractivity contribution < 1.29 is 8.78 Å². The fourth-order valence-electron chi connectivity index (χ4n) is 2.04. The maximum Gasteiger partial charge on any atom is 0.128 e. The van der Waals surface area contributed by atoms with E-state index in [9.17, 15) is 8.78 Å². The monoisotopic (exact) mass is 325 g/mol. The summed E-state index contributed by atoms with van der Waals surface area (Å²) in [7, 11) is 0. The standard InChI is InChI=1S/C15H14BrF2N/c1-2-19-15(11-5-3-4-6-13(11)17)12-9-10(16)7-8-14(12)18/h3-9,15,19H,2H2,1H3. The van der Waals surface area contributed by atoms with Crippen LogP contribution >= 0.6 is 15.9 Å². The van der Waals surface area contributed by atoms with Crippen molar-refractivity contribution in [3.05, 3.63) is 69.7 Å². The van der Waals surface area contributed by atoms with Crippen molar-refractivity contribution in [3.8, 4) is 0 Å². The van der Waals surface area contributed by atoms with Gasteiger partial charge in [-0.1, -0.05) is 41.1 Å². The summed E-state index contributed by atoms with van der Waals surface area (Å²) in [5.74, 6) is -0.690. The normalized spacial score (nSPS) is 12.4. The van der Waals surface area contributed by atoms with Gasteiger partial charge in [0.1, 0.15) is 11.6 Å². The molecule has 0 radical (unpaired) electrons. The highest BCUT2D eigenvalue weighted by Crippen LogP contribution is 2.28. The molecule has 0 aromatic heterocycles. The minimum absolute atomic E-state index is 0.340. The Balaban J connectivity index is 2.51. The molecule has 4 heteroatoms. The Labute approximate surface area is 119 Å². The van der Waals surface area contributed by atoms with Crippen LogP contribution in [0.5, 0.6) is 0 Å². The molecule has 0 spiro atoms. The van der Waals surface area contributed by atoms with Crippen LogP contribution in [0.3, 0.4) is 0 Å². The topological polar surface area (TPSA) is 12.0 Å². The lowest BCUT2D eigenvalue weighted by Gasteiger charge is -2.20. The highest BCUT2D eigenvalue weighted by atomic mass is 79.9. The lowest BCUT2D eigenvalue weighted by Crippen LogP contribution is -2.24. The SMILES string of the molecule is CCNC(c1ccccc1F)c1cc(Br)ccc1F. The second-order valence-corrected chi connectivity index (χ2v) is 5.09.